The maximum absolute atomic E-state index is 13.7. The van der Waals surface area contributed by atoms with Crippen LogP contribution in [0.15, 0.2) is 12.1 Å². The number of hydrogen-bond donors (Lipinski definition) is 4. The SMILES string of the molecule is CC1CCC(CC(C)(O)CO)N1SNc1c(Cl)c(C(=O)Nc2cc(F)nc(C#N)c2)n2c1CCC2. The standard InChI is InChI=1S/C23H28ClFN6O3S/c1-13-5-6-16(10-23(2,34)12-32)31(13)35-29-20-17-4-3-7-30(17)21(19(20)24)22(33)28-14-8-15(11-26)27-18(25)9-14/h8-9,13,16,29,32,34H,3-7,10,12H2,1-2H3,(H,27,28,33). The van der Waals surface area contributed by atoms with Crippen LogP contribution in [-0.2, 0) is 13.0 Å². The number of fused-ring (bicyclic) bond motifs is 1. The first-order valence-corrected chi connectivity index (χ1v) is 12.6. The molecule has 2 aliphatic rings. The maximum Gasteiger partial charge on any atom is 0.273 e. The Morgan fingerprint density at radius 3 is 2.94 bits per heavy atom. The summed E-state index contributed by atoms with van der Waals surface area (Å²) in [5, 5.41) is 31.7. The van der Waals surface area contributed by atoms with E-state index in [4.69, 9.17) is 16.9 Å². The largest absolute Gasteiger partial charge is 0.393 e. The van der Waals surface area contributed by atoms with Crippen molar-refractivity contribution in [1.82, 2.24) is 13.9 Å². The first-order chi connectivity index (χ1) is 16.6. The number of aromatic nitrogens is 2. The minimum atomic E-state index is -1.16. The molecule has 35 heavy (non-hydrogen) atoms. The Bertz CT molecular complexity index is 1170. The van der Waals surface area contributed by atoms with Gasteiger partial charge in [-0.3, -0.25) is 4.79 Å². The van der Waals surface area contributed by atoms with Gasteiger partial charge in [-0.1, -0.05) is 11.6 Å². The number of nitrogens with one attached hydrogen (secondary N) is 2. The highest BCUT2D eigenvalue weighted by atomic mass is 35.5. The monoisotopic (exact) mass is 522 g/mol. The van der Waals surface area contributed by atoms with Gasteiger partial charge in [0, 0.05) is 48.2 Å². The molecule has 0 saturated carbocycles. The van der Waals surface area contributed by atoms with Crippen molar-refractivity contribution in [2.45, 2.75) is 70.2 Å². The zero-order valence-electron chi connectivity index (χ0n) is 19.5. The Hall–Kier alpha value is -2.36. The van der Waals surface area contributed by atoms with Crippen LogP contribution < -0.4 is 10.0 Å². The van der Waals surface area contributed by atoms with Crippen LogP contribution in [0.2, 0.25) is 5.02 Å². The molecule has 188 valence electrons. The summed E-state index contributed by atoms with van der Waals surface area (Å²) in [6.45, 7) is 4.05. The molecule has 3 atom stereocenters. The number of amides is 1. The third-order valence-electron chi connectivity index (χ3n) is 6.47. The number of rotatable bonds is 8. The summed E-state index contributed by atoms with van der Waals surface area (Å²) < 4.78 is 21.1. The van der Waals surface area contributed by atoms with Crippen molar-refractivity contribution in [3.63, 3.8) is 0 Å². The van der Waals surface area contributed by atoms with Gasteiger partial charge in [-0.15, -0.1) is 0 Å². The Balaban J connectivity index is 1.54. The molecule has 1 amide bonds. The number of nitriles is 1. The molecular weight excluding hydrogens is 495 g/mol. The second-order valence-corrected chi connectivity index (χ2v) is 10.5. The topological polar surface area (TPSA) is 126 Å². The molecule has 2 aromatic rings. The number of halogens is 2. The lowest BCUT2D eigenvalue weighted by atomic mass is 9.97. The second-order valence-electron chi connectivity index (χ2n) is 9.36. The molecule has 9 nitrogen and oxygen atoms in total. The lowest BCUT2D eigenvalue weighted by Gasteiger charge is -2.31. The first-order valence-electron chi connectivity index (χ1n) is 11.5. The number of pyridine rings is 1. The van der Waals surface area contributed by atoms with Crippen molar-refractivity contribution in [3.8, 4) is 6.07 Å². The van der Waals surface area contributed by atoms with E-state index in [1.54, 1.807) is 13.0 Å². The smallest absolute Gasteiger partial charge is 0.273 e. The van der Waals surface area contributed by atoms with Crippen molar-refractivity contribution in [1.29, 1.82) is 5.26 Å². The number of anilines is 2. The third-order valence-corrected chi connectivity index (χ3v) is 8.00. The molecule has 0 aliphatic carbocycles. The maximum atomic E-state index is 13.7. The fourth-order valence-corrected chi connectivity index (χ4v) is 6.19. The van der Waals surface area contributed by atoms with Crippen LogP contribution in [0, 0.1) is 17.3 Å². The predicted octanol–water partition coefficient (Wildman–Crippen LogP) is 3.71. The first kappa shape index (κ1) is 25.7. The number of aliphatic hydroxyl groups is 2. The van der Waals surface area contributed by atoms with E-state index in [1.807, 2.05) is 4.57 Å². The van der Waals surface area contributed by atoms with Gasteiger partial charge < -0.3 is 24.8 Å². The zero-order valence-corrected chi connectivity index (χ0v) is 21.1. The van der Waals surface area contributed by atoms with Gasteiger partial charge in [0.2, 0.25) is 5.95 Å². The molecule has 1 fully saturated rings. The molecule has 0 aromatic carbocycles. The van der Waals surface area contributed by atoms with E-state index in [2.05, 4.69) is 26.3 Å². The average molecular weight is 523 g/mol. The van der Waals surface area contributed by atoms with Crippen LogP contribution in [0.4, 0.5) is 15.8 Å². The number of carbonyl (C=O) groups excluding carboxylic acids is 1. The number of nitrogens with zero attached hydrogens (tertiary/aromatic N) is 4. The van der Waals surface area contributed by atoms with Crippen molar-refractivity contribution in [2.24, 2.45) is 0 Å². The van der Waals surface area contributed by atoms with Gasteiger partial charge >= 0.3 is 0 Å². The molecule has 4 rings (SSSR count). The lowest BCUT2D eigenvalue weighted by Crippen LogP contribution is -2.39. The summed E-state index contributed by atoms with van der Waals surface area (Å²) in [5.41, 5.74) is 0.664. The van der Waals surface area contributed by atoms with Gasteiger partial charge in [-0.25, -0.2) is 9.29 Å². The van der Waals surface area contributed by atoms with Gasteiger partial charge in [-0.2, -0.15) is 9.65 Å². The van der Waals surface area contributed by atoms with Crippen molar-refractivity contribution in [3.05, 3.63) is 40.2 Å². The Morgan fingerprint density at radius 1 is 1.46 bits per heavy atom. The molecule has 4 heterocycles. The van der Waals surface area contributed by atoms with E-state index < -0.39 is 17.5 Å². The molecule has 2 aromatic heterocycles. The van der Waals surface area contributed by atoms with Crippen LogP contribution in [0.3, 0.4) is 0 Å². The number of hydrogen-bond acceptors (Lipinski definition) is 8. The quantitative estimate of drug-likeness (QED) is 0.305. The zero-order chi connectivity index (χ0) is 25.3. The summed E-state index contributed by atoms with van der Waals surface area (Å²) in [4.78, 5) is 16.6. The lowest BCUT2D eigenvalue weighted by molar-refractivity contribution is -0.0163. The van der Waals surface area contributed by atoms with Gasteiger partial charge in [-0.05, 0) is 52.0 Å². The van der Waals surface area contributed by atoms with Crippen LogP contribution in [0.25, 0.3) is 0 Å². The van der Waals surface area contributed by atoms with Gasteiger partial charge in [0.1, 0.15) is 17.5 Å². The Morgan fingerprint density at radius 2 is 2.23 bits per heavy atom. The minimum absolute atomic E-state index is 0.0674. The molecule has 0 bridgehead atoms. The summed E-state index contributed by atoms with van der Waals surface area (Å²) in [5.74, 6) is -1.36. The normalized spacial score (nSPS) is 21.4. The molecular formula is C23H28ClFN6O3S. The van der Waals surface area contributed by atoms with Crippen molar-refractivity contribution < 1.29 is 19.4 Å². The van der Waals surface area contributed by atoms with E-state index in [0.29, 0.717) is 18.7 Å². The molecule has 0 radical (unpaired) electrons. The minimum Gasteiger partial charge on any atom is -0.393 e. The average Bonchev–Trinajstić information content (AvgIpc) is 3.47. The summed E-state index contributed by atoms with van der Waals surface area (Å²) in [6.07, 6.45) is 3.90. The fourth-order valence-electron chi connectivity index (χ4n) is 4.76. The van der Waals surface area contributed by atoms with Gasteiger partial charge in [0.15, 0.2) is 0 Å². The van der Waals surface area contributed by atoms with Crippen LogP contribution in [0.5, 0.6) is 0 Å². The molecule has 1 saturated heterocycles. The molecule has 3 unspecified atom stereocenters. The molecule has 2 aliphatic heterocycles. The van der Waals surface area contributed by atoms with Gasteiger partial charge in [0.25, 0.3) is 5.91 Å². The second kappa shape index (κ2) is 10.3. The Labute approximate surface area is 212 Å². The third kappa shape index (κ3) is 5.42. The van der Waals surface area contributed by atoms with Gasteiger partial charge in [0.05, 0.1) is 22.9 Å². The van der Waals surface area contributed by atoms with Crippen LogP contribution >= 0.6 is 23.7 Å². The number of aliphatic hydroxyl groups excluding tert-OH is 1. The molecule has 12 heteroatoms. The highest BCUT2D eigenvalue weighted by Crippen LogP contribution is 2.41. The van der Waals surface area contributed by atoms with E-state index in [-0.39, 0.29) is 40.8 Å². The fraction of sp³-hybridized carbons (Fsp3) is 0.522. The highest BCUT2D eigenvalue weighted by molar-refractivity contribution is 7.98. The van der Waals surface area contributed by atoms with E-state index in [1.165, 1.54) is 18.2 Å². The van der Waals surface area contributed by atoms with Crippen LogP contribution in [0.1, 0.15) is 61.4 Å². The summed E-state index contributed by atoms with van der Waals surface area (Å²) in [7, 11) is 0. The summed E-state index contributed by atoms with van der Waals surface area (Å²) >= 11 is 8.09. The van der Waals surface area contributed by atoms with Crippen molar-refractivity contribution >= 4 is 41.0 Å². The summed E-state index contributed by atoms with van der Waals surface area (Å²) in [6, 6.07) is 4.43. The van der Waals surface area contributed by atoms with E-state index >= 15 is 0 Å². The van der Waals surface area contributed by atoms with Crippen molar-refractivity contribution in [2.75, 3.05) is 16.6 Å². The van der Waals surface area contributed by atoms with E-state index in [9.17, 15) is 19.4 Å². The highest BCUT2D eigenvalue weighted by Gasteiger charge is 2.37. The van der Waals surface area contributed by atoms with E-state index in [0.717, 1.165) is 37.4 Å². The predicted molar refractivity (Wildman–Crippen MR) is 132 cm³/mol. The molecule has 4 N–H and O–H groups in total. The number of carbonyl (C=O) groups is 1. The molecule has 0 spiro atoms. The Kier molecular flexibility index (Phi) is 7.59. The van der Waals surface area contributed by atoms with Crippen LogP contribution in [-0.4, -0.2) is 54.3 Å².